The standard InChI is InChI=1S/C16H18N6O4/c1-20-13(22(25)26)10-17-16(20)14-18-12-5-3-2-4-11(12)15(19-14)21(6-8-23)7-9-24/h2-5,10,23-24H,6-9H2,1H3. The number of aliphatic hydroxyl groups is 2. The van der Waals surface area contributed by atoms with Gasteiger partial charge in [-0.1, -0.05) is 12.1 Å². The third kappa shape index (κ3) is 3.19. The van der Waals surface area contributed by atoms with Crippen molar-refractivity contribution in [1.29, 1.82) is 0 Å². The van der Waals surface area contributed by atoms with E-state index in [4.69, 9.17) is 0 Å². The second-order valence-electron chi connectivity index (χ2n) is 5.58. The zero-order valence-electron chi connectivity index (χ0n) is 14.1. The maximum absolute atomic E-state index is 11.1. The van der Waals surface area contributed by atoms with Crippen LogP contribution in [0.4, 0.5) is 11.6 Å². The van der Waals surface area contributed by atoms with Crippen LogP contribution in [-0.2, 0) is 7.05 Å². The molecule has 3 aromatic rings. The summed E-state index contributed by atoms with van der Waals surface area (Å²) in [4.78, 5) is 25.4. The van der Waals surface area contributed by atoms with Gasteiger partial charge in [-0.25, -0.2) is 19.5 Å². The van der Waals surface area contributed by atoms with Crippen molar-refractivity contribution in [2.75, 3.05) is 31.2 Å². The van der Waals surface area contributed by atoms with Crippen molar-refractivity contribution in [1.82, 2.24) is 19.5 Å². The van der Waals surface area contributed by atoms with Crippen LogP contribution in [0, 0.1) is 10.1 Å². The van der Waals surface area contributed by atoms with Crippen molar-refractivity contribution in [2.24, 2.45) is 7.05 Å². The van der Waals surface area contributed by atoms with Crippen LogP contribution in [0.5, 0.6) is 0 Å². The predicted molar refractivity (Wildman–Crippen MR) is 94.8 cm³/mol. The van der Waals surface area contributed by atoms with E-state index in [9.17, 15) is 20.3 Å². The van der Waals surface area contributed by atoms with E-state index in [0.29, 0.717) is 11.3 Å². The van der Waals surface area contributed by atoms with Crippen molar-refractivity contribution < 1.29 is 15.1 Å². The SMILES string of the molecule is Cn1c([N+](=O)[O-])cnc1-c1nc(N(CCO)CCO)c2ccccc2n1. The lowest BCUT2D eigenvalue weighted by Crippen LogP contribution is -2.31. The van der Waals surface area contributed by atoms with Crippen molar-refractivity contribution >= 4 is 22.5 Å². The number of nitro groups is 1. The van der Waals surface area contributed by atoms with Gasteiger partial charge in [0.25, 0.3) is 5.82 Å². The number of aromatic nitrogens is 4. The molecule has 1 aromatic carbocycles. The molecule has 0 unspecified atom stereocenters. The fraction of sp³-hybridized carbons (Fsp3) is 0.312. The number of hydrogen-bond donors (Lipinski definition) is 2. The highest BCUT2D eigenvalue weighted by atomic mass is 16.6. The molecule has 0 atom stereocenters. The summed E-state index contributed by atoms with van der Waals surface area (Å²) in [6.45, 7) is 0.340. The summed E-state index contributed by atoms with van der Waals surface area (Å²) in [5.41, 5.74) is 0.638. The number of para-hydroxylation sites is 1. The minimum absolute atomic E-state index is 0.110. The summed E-state index contributed by atoms with van der Waals surface area (Å²) >= 11 is 0. The van der Waals surface area contributed by atoms with Crippen LogP contribution in [0.2, 0.25) is 0 Å². The number of imidazole rings is 1. The Morgan fingerprint density at radius 2 is 1.88 bits per heavy atom. The van der Waals surface area contributed by atoms with E-state index in [2.05, 4.69) is 15.0 Å². The van der Waals surface area contributed by atoms with Gasteiger partial charge in [0.15, 0.2) is 0 Å². The molecular formula is C16H18N6O4. The van der Waals surface area contributed by atoms with E-state index >= 15 is 0 Å². The smallest absolute Gasteiger partial charge is 0.343 e. The lowest BCUT2D eigenvalue weighted by Gasteiger charge is -2.23. The molecule has 0 saturated carbocycles. The summed E-state index contributed by atoms with van der Waals surface area (Å²) in [5, 5.41) is 30.5. The highest BCUT2D eigenvalue weighted by Gasteiger charge is 2.23. The zero-order chi connectivity index (χ0) is 18.7. The first kappa shape index (κ1) is 17.7. The van der Waals surface area contributed by atoms with Crippen molar-refractivity contribution in [2.45, 2.75) is 0 Å². The van der Waals surface area contributed by atoms with Gasteiger partial charge in [-0.05, 0) is 17.1 Å². The summed E-state index contributed by atoms with van der Waals surface area (Å²) in [7, 11) is 1.53. The molecule has 10 nitrogen and oxygen atoms in total. The Labute approximate surface area is 148 Å². The molecule has 10 heteroatoms. The number of aliphatic hydroxyl groups excluding tert-OH is 2. The molecule has 0 aliphatic heterocycles. The molecule has 2 aromatic heterocycles. The van der Waals surface area contributed by atoms with Crippen LogP contribution in [0.3, 0.4) is 0 Å². The Balaban J connectivity index is 2.20. The number of fused-ring (bicyclic) bond motifs is 1. The average Bonchev–Trinajstić information content (AvgIpc) is 3.02. The quantitative estimate of drug-likeness (QED) is 0.467. The molecule has 136 valence electrons. The van der Waals surface area contributed by atoms with Gasteiger partial charge in [-0.15, -0.1) is 0 Å². The Morgan fingerprint density at radius 3 is 2.50 bits per heavy atom. The first-order valence-corrected chi connectivity index (χ1v) is 7.96. The second-order valence-corrected chi connectivity index (χ2v) is 5.58. The monoisotopic (exact) mass is 358 g/mol. The molecule has 0 saturated heterocycles. The van der Waals surface area contributed by atoms with Gasteiger partial charge in [-0.2, -0.15) is 0 Å². The summed E-state index contributed by atoms with van der Waals surface area (Å²) < 4.78 is 1.32. The van der Waals surface area contributed by atoms with E-state index in [1.54, 1.807) is 11.0 Å². The first-order valence-electron chi connectivity index (χ1n) is 7.96. The number of benzene rings is 1. The predicted octanol–water partition coefficient (Wildman–Crippen LogP) is 0.729. The maximum atomic E-state index is 11.1. The van der Waals surface area contributed by atoms with E-state index in [1.807, 2.05) is 18.2 Å². The Hall–Kier alpha value is -3.11. The van der Waals surface area contributed by atoms with Crippen LogP contribution in [0.1, 0.15) is 0 Å². The molecule has 0 bridgehead atoms. The number of hydrogen-bond acceptors (Lipinski definition) is 8. The van der Waals surface area contributed by atoms with Crippen LogP contribution in [-0.4, -0.2) is 61.0 Å². The minimum atomic E-state index is -0.526. The van der Waals surface area contributed by atoms with E-state index < -0.39 is 4.92 Å². The van der Waals surface area contributed by atoms with E-state index in [0.717, 1.165) is 11.6 Å². The third-order valence-electron chi connectivity index (χ3n) is 3.97. The number of rotatable bonds is 7. The minimum Gasteiger partial charge on any atom is -0.395 e. The molecule has 3 rings (SSSR count). The van der Waals surface area contributed by atoms with Gasteiger partial charge in [0.2, 0.25) is 5.82 Å². The van der Waals surface area contributed by atoms with Crippen LogP contribution in [0.15, 0.2) is 30.5 Å². The van der Waals surface area contributed by atoms with Gasteiger partial charge >= 0.3 is 5.82 Å². The van der Waals surface area contributed by atoms with E-state index in [1.165, 1.54) is 11.6 Å². The summed E-state index contributed by atoms with van der Waals surface area (Å²) in [6, 6.07) is 7.32. The summed E-state index contributed by atoms with van der Waals surface area (Å²) in [5.74, 6) is 0.854. The van der Waals surface area contributed by atoms with Crippen molar-refractivity contribution in [3.05, 3.63) is 40.6 Å². The lowest BCUT2D eigenvalue weighted by atomic mass is 10.2. The first-order chi connectivity index (χ1) is 12.6. The molecule has 2 N–H and O–H groups in total. The molecule has 26 heavy (non-hydrogen) atoms. The van der Waals surface area contributed by atoms with Crippen LogP contribution < -0.4 is 4.90 Å². The fourth-order valence-corrected chi connectivity index (χ4v) is 2.74. The molecule has 0 aliphatic carbocycles. The second kappa shape index (κ2) is 7.42. The molecular weight excluding hydrogens is 340 g/mol. The normalized spacial score (nSPS) is 11.0. The molecule has 0 spiro atoms. The van der Waals surface area contributed by atoms with Crippen LogP contribution >= 0.6 is 0 Å². The van der Waals surface area contributed by atoms with Gasteiger partial charge in [0.05, 0.1) is 25.8 Å². The Morgan fingerprint density at radius 1 is 1.19 bits per heavy atom. The van der Waals surface area contributed by atoms with Gasteiger partial charge in [-0.3, -0.25) is 0 Å². The lowest BCUT2D eigenvalue weighted by molar-refractivity contribution is -0.391. The maximum Gasteiger partial charge on any atom is 0.343 e. The largest absolute Gasteiger partial charge is 0.395 e. The molecule has 0 fully saturated rings. The van der Waals surface area contributed by atoms with Crippen LogP contribution in [0.25, 0.3) is 22.6 Å². The average molecular weight is 358 g/mol. The van der Waals surface area contributed by atoms with Crippen molar-refractivity contribution in [3.63, 3.8) is 0 Å². The molecule has 0 aliphatic rings. The molecule has 0 amide bonds. The molecule has 0 radical (unpaired) electrons. The Kier molecular flexibility index (Phi) is 5.05. The van der Waals surface area contributed by atoms with Gasteiger partial charge < -0.3 is 25.2 Å². The highest BCUT2D eigenvalue weighted by Crippen LogP contribution is 2.28. The number of anilines is 1. The topological polar surface area (TPSA) is 130 Å². The van der Waals surface area contributed by atoms with Gasteiger partial charge in [0, 0.05) is 18.5 Å². The van der Waals surface area contributed by atoms with Gasteiger partial charge in [0.1, 0.15) is 12.0 Å². The van der Waals surface area contributed by atoms with E-state index in [-0.39, 0.29) is 43.8 Å². The van der Waals surface area contributed by atoms with Crippen molar-refractivity contribution in [3.8, 4) is 11.6 Å². The summed E-state index contributed by atoms with van der Waals surface area (Å²) in [6.07, 6.45) is 1.16. The fourth-order valence-electron chi connectivity index (χ4n) is 2.74. The zero-order valence-corrected chi connectivity index (χ0v) is 14.1. The Bertz CT molecular complexity index is 936. The number of nitrogens with zero attached hydrogens (tertiary/aromatic N) is 6. The third-order valence-corrected chi connectivity index (χ3v) is 3.97. The molecule has 2 heterocycles. The highest BCUT2D eigenvalue weighted by molar-refractivity contribution is 5.90.